The Hall–Kier alpha value is -6.45. The second-order valence-electron chi connectivity index (χ2n) is 9.70. The monoisotopic (exact) mass is 681 g/mol. The zero-order valence-corrected chi connectivity index (χ0v) is 26.8. The summed E-state index contributed by atoms with van der Waals surface area (Å²) in [6.45, 7) is 3.96. The normalized spacial score (nSPS) is 11.5. The van der Waals surface area contributed by atoms with E-state index < -0.39 is 53.9 Å². The van der Waals surface area contributed by atoms with E-state index >= 15 is 0 Å². The molecule has 0 saturated heterocycles. The van der Waals surface area contributed by atoms with Gasteiger partial charge in [-0.1, -0.05) is 6.07 Å². The van der Waals surface area contributed by atoms with Gasteiger partial charge in [-0.2, -0.15) is 0 Å². The Morgan fingerprint density at radius 1 is 0.653 bits per heavy atom. The first-order valence-electron chi connectivity index (χ1n) is 14.2. The molecule has 0 spiro atoms. The molecule has 0 unspecified atom stereocenters. The van der Waals surface area contributed by atoms with E-state index in [1.165, 1.54) is 50.6 Å². The van der Waals surface area contributed by atoms with Crippen molar-refractivity contribution in [2.45, 2.75) is 33.0 Å². The van der Waals surface area contributed by atoms with Crippen molar-refractivity contribution in [1.29, 1.82) is 0 Å². The second-order valence-corrected chi connectivity index (χ2v) is 9.70. The van der Waals surface area contributed by atoms with E-state index in [4.69, 9.17) is 33.2 Å². The quantitative estimate of drug-likeness (QED) is 0.142. The van der Waals surface area contributed by atoms with Crippen LogP contribution in [-0.2, 0) is 33.4 Å². The van der Waals surface area contributed by atoms with Crippen LogP contribution in [0.15, 0.2) is 60.7 Å². The molecule has 2 N–H and O–H groups in total. The molecule has 0 aromatic heterocycles. The summed E-state index contributed by atoms with van der Waals surface area (Å²) in [4.78, 5) is 87.6. The fraction of sp³-hybridized carbons (Fsp3) is 0.242. The minimum absolute atomic E-state index is 0.0229. The van der Waals surface area contributed by atoms with E-state index in [9.17, 15) is 38.7 Å². The lowest BCUT2D eigenvalue weighted by Crippen LogP contribution is -2.48. The van der Waals surface area contributed by atoms with Gasteiger partial charge in [-0.3, -0.25) is 14.4 Å². The number of amides is 1. The molecular formula is C33H31NO15. The number of methoxy groups -OCH3 is 2. The van der Waals surface area contributed by atoms with Gasteiger partial charge in [-0.15, -0.1) is 0 Å². The van der Waals surface area contributed by atoms with Crippen molar-refractivity contribution in [3.63, 3.8) is 0 Å². The Balaban J connectivity index is 2.00. The Bertz CT molecular complexity index is 1770. The Morgan fingerprint density at radius 2 is 1.14 bits per heavy atom. The van der Waals surface area contributed by atoms with Crippen LogP contribution in [-0.4, -0.2) is 79.9 Å². The minimum Gasteiger partial charge on any atom is -0.493 e. The Morgan fingerprint density at radius 3 is 1.59 bits per heavy atom. The molecule has 49 heavy (non-hydrogen) atoms. The molecule has 1 amide bonds. The lowest BCUT2D eigenvalue weighted by atomic mass is 10.1. The van der Waals surface area contributed by atoms with Gasteiger partial charge in [0.1, 0.15) is 0 Å². The van der Waals surface area contributed by atoms with Crippen molar-refractivity contribution in [3.05, 3.63) is 77.4 Å². The van der Waals surface area contributed by atoms with Crippen molar-refractivity contribution in [2.75, 3.05) is 26.1 Å². The number of benzene rings is 3. The zero-order chi connectivity index (χ0) is 36.2. The molecule has 0 fully saturated rings. The predicted molar refractivity (Wildman–Crippen MR) is 166 cm³/mol. The molecule has 0 bridgehead atoms. The van der Waals surface area contributed by atoms with Crippen LogP contribution in [0.2, 0.25) is 0 Å². The van der Waals surface area contributed by atoms with Crippen molar-refractivity contribution in [1.82, 2.24) is 0 Å². The number of carbonyl (C=O) groups is 7. The van der Waals surface area contributed by atoms with Gasteiger partial charge >= 0.3 is 35.8 Å². The molecule has 3 aromatic rings. The largest absolute Gasteiger partial charge is 0.493 e. The molecular weight excluding hydrogens is 650 g/mol. The molecule has 0 radical (unpaired) electrons. The summed E-state index contributed by atoms with van der Waals surface area (Å²) < 4.78 is 35.8. The average Bonchev–Trinajstić information content (AvgIpc) is 3.05. The highest BCUT2D eigenvalue weighted by atomic mass is 16.6. The number of carbonyl (C=O) groups excluding carboxylic acids is 6. The highest BCUT2D eigenvalue weighted by Crippen LogP contribution is 2.30. The molecule has 2 atom stereocenters. The van der Waals surface area contributed by atoms with Crippen LogP contribution < -0.4 is 24.3 Å². The van der Waals surface area contributed by atoms with Gasteiger partial charge in [0, 0.05) is 19.5 Å². The lowest BCUT2D eigenvalue weighted by molar-refractivity contribution is -0.157. The highest BCUT2D eigenvalue weighted by Gasteiger charge is 2.41. The van der Waals surface area contributed by atoms with Crippen LogP contribution in [0.5, 0.6) is 23.0 Å². The molecule has 0 aliphatic carbocycles. The maximum Gasteiger partial charge on any atom is 0.349 e. The molecule has 0 aliphatic rings. The third-order valence-corrected chi connectivity index (χ3v) is 6.19. The van der Waals surface area contributed by atoms with Gasteiger partial charge < -0.3 is 43.6 Å². The van der Waals surface area contributed by atoms with Gasteiger partial charge in [0.15, 0.2) is 23.0 Å². The first-order valence-corrected chi connectivity index (χ1v) is 14.2. The topological polar surface area (TPSA) is 216 Å². The number of anilines is 1. The molecule has 3 rings (SSSR count). The number of hydrogen-bond donors (Lipinski definition) is 2. The van der Waals surface area contributed by atoms with E-state index in [1.54, 1.807) is 6.92 Å². The average molecular weight is 682 g/mol. The maximum atomic E-state index is 13.6. The number of carboxylic acids is 1. The van der Waals surface area contributed by atoms with Gasteiger partial charge in [0.2, 0.25) is 12.2 Å². The van der Waals surface area contributed by atoms with Crippen molar-refractivity contribution < 1.29 is 71.8 Å². The minimum atomic E-state index is -2.44. The number of hydrogen-bond acceptors (Lipinski definition) is 14. The fourth-order valence-corrected chi connectivity index (χ4v) is 4.08. The van der Waals surface area contributed by atoms with Crippen LogP contribution >= 0.6 is 0 Å². The number of rotatable bonds is 14. The first kappa shape index (κ1) is 37.0. The summed E-state index contributed by atoms with van der Waals surface area (Å²) in [5.74, 6) is -8.01. The number of ether oxygens (including phenoxy) is 7. The van der Waals surface area contributed by atoms with Crippen LogP contribution in [0.3, 0.4) is 0 Å². The van der Waals surface area contributed by atoms with E-state index in [0.29, 0.717) is 0 Å². The van der Waals surface area contributed by atoms with Gasteiger partial charge in [0.05, 0.1) is 37.5 Å². The van der Waals surface area contributed by atoms with Crippen molar-refractivity contribution in [2.24, 2.45) is 0 Å². The molecule has 16 nitrogen and oxygen atoms in total. The van der Waals surface area contributed by atoms with Crippen molar-refractivity contribution in [3.8, 4) is 23.0 Å². The van der Waals surface area contributed by atoms with Crippen molar-refractivity contribution >= 4 is 47.4 Å². The van der Waals surface area contributed by atoms with E-state index in [0.717, 1.165) is 38.1 Å². The van der Waals surface area contributed by atoms with Crippen LogP contribution in [0.1, 0.15) is 51.8 Å². The number of esters is 5. The standard InChI is InChI=1S/C33H31NO15/c1-6-45-31(40)19-8-7-9-22(14-19)34-29(37)27(48-32(41)20-10-12-23(46-17(2)35)25(15-20)43-4)28(30(38)39)49-33(42)21-11-13-24(47-18(3)36)26(16-21)44-5/h7-16,27-28H,6H2,1-5H3,(H,34,37)(H,38,39)/t27-,28-/m1/s1. The van der Waals surface area contributed by atoms with E-state index in [2.05, 4.69) is 5.32 Å². The van der Waals surface area contributed by atoms with Crippen LogP contribution in [0.25, 0.3) is 0 Å². The maximum absolute atomic E-state index is 13.6. The zero-order valence-electron chi connectivity index (χ0n) is 26.8. The Labute approximate surface area is 278 Å². The van der Waals surface area contributed by atoms with Gasteiger partial charge in [-0.25, -0.2) is 19.2 Å². The van der Waals surface area contributed by atoms with E-state index in [-0.39, 0.29) is 52.0 Å². The molecule has 0 saturated carbocycles. The summed E-state index contributed by atoms with van der Waals surface area (Å²) in [7, 11) is 2.45. The predicted octanol–water partition coefficient (Wildman–Crippen LogP) is 3.21. The lowest BCUT2D eigenvalue weighted by Gasteiger charge is -2.24. The molecule has 0 aliphatic heterocycles. The summed E-state index contributed by atoms with van der Waals surface area (Å²) in [5, 5.41) is 12.5. The second kappa shape index (κ2) is 16.9. The first-order chi connectivity index (χ1) is 23.3. The molecule has 3 aromatic carbocycles. The van der Waals surface area contributed by atoms with E-state index in [1.807, 2.05) is 0 Å². The van der Waals surface area contributed by atoms with Crippen LogP contribution in [0, 0.1) is 0 Å². The highest BCUT2D eigenvalue weighted by molar-refractivity contribution is 6.02. The summed E-state index contributed by atoms with van der Waals surface area (Å²) in [6, 6.07) is 12.3. The number of aliphatic carboxylic acids is 1. The molecule has 258 valence electrons. The third kappa shape index (κ3) is 10.0. The summed E-state index contributed by atoms with van der Waals surface area (Å²) >= 11 is 0. The van der Waals surface area contributed by atoms with Gasteiger partial charge in [0.25, 0.3) is 5.91 Å². The number of carboxylic acid groups (broad SMARTS) is 1. The van der Waals surface area contributed by atoms with Crippen LogP contribution in [0.4, 0.5) is 5.69 Å². The fourth-order valence-electron chi connectivity index (χ4n) is 4.08. The Kier molecular flexibility index (Phi) is 12.8. The molecule has 16 heteroatoms. The smallest absolute Gasteiger partial charge is 0.349 e. The molecule has 0 heterocycles. The SMILES string of the molecule is CCOC(=O)c1cccc(NC(=O)[C@H](OC(=O)c2ccc(OC(C)=O)c(OC)c2)[C@@H](OC(=O)c2ccc(OC(C)=O)c(OC)c2)C(=O)O)c1. The summed E-state index contributed by atoms with van der Waals surface area (Å²) in [5.41, 5.74) is -0.528. The van der Waals surface area contributed by atoms with Gasteiger partial charge in [-0.05, 0) is 61.5 Å². The summed E-state index contributed by atoms with van der Waals surface area (Å²) in [6.07, 6.45) is -4.77. The number of nitrogens with one attached hydrogen (secondary N) is 1. The third-order valence-electron chi connectivity index (χ3n) is 6.19.